The Morgan fingerprint density at radius 3 is 1.31 bits per heavy atom. The van der Waals surface area contributed by atoms with E-state index in [1.165, 1.54) is 0 Å². The molecule has 2 aromatic rings. The summed E-state index contributed by atoms with van der Waals surface area (Å²) in [5.74, 6) is -0.463. The highest BCUT2D eigenvalue weighted by atomic mass is 35.5. The first kappa shape index (κ1) is 19.1. The highest BCUT2D eigenvalue weighted by Crippen LogP contribution is 2.37. The molecule has 2 N–H and O–H groups in total. The molecule has 2 aromatic carbocycles. The zero-order valence-electron chi connectivity index (χ0n) is 13.2. The van der Waals surface area contributed by atoms with Crippen LogP contribution < -0.4 is 0 Å². The second-order valence-corrected chi connectivity index (χ2v) is 7.46. The van der Waals surface area contributed by atoms with Gasteiger partial charge in [-0.2, -0.15) is 0 Å². The Balaban J connectivity index is 1.91. The minimum absolute atomic E-state index is 0.0920. The topological polar surface area (TPSA) is 57.5 Å². The maximum absolute atomic E-state index is 12.6. The van der Waals surface area contributed by atoms with Crippen molar-refractivity contribution in [1.82, 2.24) is 0 Å². The molecule has 1 aliphatic carbocycles. The van der Waals surface area contributed by atoms with E-state index < -0.39 is 0 Å². The molecule has 1 fully saturated rings. The number of phenols is 2. The third kappa shape index (κ3) is 3.86. The molecule has 0 amide bonds. The number of phenolic OH excluding ortho intramolecular Hbond substituents is 2. The van der Waals surface area contributed by atoms with E-state index in [4.69, 9.17) is 46.4 Å². The molecule has 26 heavy (non-hydrogen) atoms. The lowest BCUT2D eigenvalue weighted by molar-refractivity contribution is -0.111. The third-order valence-electron chi connectivity index (χ3n) is 4.01. The molecule has 1 saturated carbocycles. The van der Waals surface area contributed by atoms with Gasteiger partial charge in [-0.05, 0) is 60.4 Å². The van der Waals surface area contributed by atoms with Crippen LogP contribution in [0, 0.1) is 0 Å². The number of hydrogen-bond donors (Lipinski definition) is 2. The van der Waals surface area contributed by atoms with Gasteiger partial charge in [-0.15, -0.1) is 0 Å². The van der Waals surface area contributed by atoms with Crippen molar-refractivity contribution in [3.05, 3.63) is 66.6 Å². The first-order valence-electron chi connectivity index (χ1n) is 7.58. The van der Waals surface area contributed by atoms with Crippen LogP contribution in [0.1, 0.15) is 24.0 Å². The molecule has 0 spiro atoms. The van der Waals surface area contributed by atoms with E-state index in [2.05, 4.69) is 0 Å². The third-order valence-corrected chi connectivity index (χ3v) is 5.16. The number of carbonyl (C=O) groups excluding carboxylic acids is 1. The van der Waals surface area contributed by atoms with Crippen molar-refractivity contribution < 1.29 is 15.0 Å². The zero-order chi connectivity index (χ0) is 19.0. The quantitative estimate of drug-likeness (QED) is 0.532. The fourth-order valence-electron chi connectivity index (χ4n) is 2.72. The van der Waals surface area contributed by atoms with Gasteiger partial charge in [-0.25, -0.2) is 0 Å². The molecule has 3 nitrogen and oxygen atoms in total. The number of halogens is 4. The van der Waals surface area contributed by atoms with E-state index >= 15 is 0 Å². The van der Waals surface area contributed by atoms with Crippen molar-refractivity contribution >= 4 is 64.3 Å². The Morgan fingerprint density at radius 1 is 0.692 bits per heavy atom. The molecule has 7 heteroatoms. The van der Waals surface area contributed by atoms with Gasteiger partial charge in [0, 0.05) is 11.1 Å². The summed E-state index contributed by atoms with van der Waals surface area (Å²) in [5.41, 5.74) is 2.51. The van der Waals surface area contributed by atoms with Gasteiger partial charge in [-0.3, -0.25) is 4.79 Å². The lowest BCUT2D eigenvalue weighted by Crippen LogP contribution is -1.95. The Labute approximate surface area is 170 Å². The average Bonchev–Trinajstić information content (AvgIpc) is 2.90. The van der Waals surface area contributed by atoms with Crippen LogP contribution >= 0.6 is 46.4 Å². The molecule has 0 unspecified atom stereocenters. The molecule has 0 aliphatic heterocycles. The number of ketones is 1. The maximum Gasteiger partial charge on any atom is 0.185 e. The summed E-state index contributed by atoms with van der Waals surface area (Å²) in [7, 11) is 0. The van der Waals surface area contributed by atoms with Crippen LogP contribution in [0.15, 0.2) is 35.4 Å². The second-order valence-electron chi connectivity index (χ2n) is 5.83. The molecule has 0 aromatic heterocycles. The monoisotopic (exact) mass is 428 g/mol. The van der Waals surface area contributed by atoms with E-state index in [1.807, 2.05) is 0 Å². The molecule has 0 saturated heterocycles. The average molecular weight is 430 g/mol. The van der Waals surface area contributed by atoms with Crippen molar-refractivity contribution in [3.63, 3.8) is 0 Å². The minimum Gasteiger partial charge on any atom is -0.505 e. The molecule has 0 heterocycles. The van der Waals surface area contributed by atoms with Gasteiger partial charge in [0.05, 0.1) is 20.1 Å². The fraction of sp³-hybridized carbons (Fsp3) is 0.105. The Kier molecular flexibility index (Phi) is 5.54. The molecular weight excluding hydrogens is 418 g/mol. The molecule has 0 atom stereocenters. The summed E-state index contributed by atoms with van der Waals surface area (Å²) in [4.78, 5) is 12.6. The summed E-state index contributed by atoms with van der Waals surface area (Å²) >= 11 is 23.7. The summed E-state index contributed by atoms with van der Waals surface area (Å²) in [6, 6.07) is 6.18. The van der Waals surface area contributed by atoms with Crippen molar-refractivity contribution in [2.24, 2.45) is 0 Å². The van der Waals surface area contributed by atoms with Crippen molar-refractivity contribution in [3.8, 4) is 11.5 Å². The molecular formula is C19H12Cl4O3. The fourth-order valence-corrected chi connectivity index (χ4v) is 3.73. The van der Waals surface area contributed by atoms with Crippen LogP contribution in [0.3, 0.4) is 0 Å². The predicted octanol–water partition coefficient (Wildman–Crippen LogP) is 6.54. The molecule has 0 radical (unpaired) electrons. The summed E-state index contributed by atoms with van der Waals surface area (Å²) < 4.78 is 0. The van der Waals surface area contributed by atoms with Crippen LogP contribution in [0.2, 0.25) is 20.1 Å². The number of Topliss-reactive ketones (excluding diaryl/α,β-unsaturated/α-hetero) is 1. The number of carbonyl (C=O) groups is 1. The molecule has 3 rings (SSSR count). The summed E-state index contributed by atoms with van der Waals surface area (Å²) in [6.45, 7) is 0. The minimum atomic E-state index is -0.185. The van der Waals surface area contributed by atoms with E-state index in [0.29, 0.717) is 35.1 Å². The highest BCUT2D eigenvalue weighted by molar-refractivity contribution is 6.38. The zero-order valence-corrected chi connectivity index (χ0v) is 16.2. The van der Waals surface area contributed by atoms with Gasteiger partial charge in [0.15, 0.2) is 17.3 Å². The first-order chi connectivity index (χ1) is 12.3. The van der Waals surface area contributed by atoms with Gasteiger partial charge in [0.1, 0.15) is 0 Å². The Bertz CT molecular complexity index is 853. The number of benzene rings is 2. The number of rotatable bonds is 2. The van der Waals surface area contributed by atoms with Gasteiger partial charge >= 0.3 is 0 Å². The predicted molar refractivity (Wildman–Crippen MR) is 106 cm³/mol. The lowest BCUT2D eigenvalue weighted by Gasteiger charge is -2.03. The Hall–Kier alpha value is -1.65. The van der Waals surface area contributed by atoms with Crippen molar-refractivity contribution in [2.75, 3.05) is 0 Å². The summed E-state index contributed by atoms with van der Waals surface area (Å²) in [6.07, 6.45) is 4.55. The Morgan fingerprint density at radius 2 is 1.00 bits per heavy atom. The molecule has 0 bridgehead atoms. The van der Waals surface area contributed by atoms with Crippen LogP contribution in [-0.2, 0) is 4.79 Å². The second kappa shape index (κ2) is 7.53. The van der Waals surface area contributed by atoms with E-state index in [1.54, 1.807) is 36.4 Å². The lowest BCUT2D eigenvalue weighted by atomic mass is 10.1. The van der Waals surface area contributed by atoms with E-state index in [0.717, 1.165) is 0 Å². The van der Waals surface area contributed by atoms with Crippen LogP contribution in [0.4, 0.5) is 0 Å². The normalized spacial score (nSPS) is 17.5. The summed E-state index contributed by atoms with van der Waals surface area (Å²) in [5, 5.41) is 19.7. The molecule has 134 valence electrons. The van der Waals surface area contributed by atoms with Gasteiger partial charge in [0.25, 0.3) is 0 Å². The van der Waals surface area contributed by atoms with Gasteiger partial charge < -0.3 is 10.2 Å². The maximum atomic E-state index is 12.6. The number of aromatic hydroxyl groups is 2. The van der Waals surface area contributed by atoms with Crippen LogP contribution in [0.25, 0.3) is 12.2 Å². The SMILES string of the molecule is O=C1C(=Cc2cc(Cl)c(O)c(Cl)c2)CCC1=Cc1cc(Cl)c(O)c(Cl)c1. The number of hydrogen-bond acceptors (Lipinski definition) is 3. The van der Waals surface area contributed by atoms with Gasteiger partial charge in [-0.1, -0.05) is 46.4 Å². The van der Waals surface area contributed by atoms with Crippen LogP contribution in [-0.4, -0.2) is 16.0 Å². The van der Waals surface area contributed by atoms with Crippen LogP contribution in [0.5, 0.6) is 11.5 Å². The number of allylic oxidation sites excluding steroid dienone is 2. The van der Waals surface area contributed by atoms with E-state index in [9.17, 15) is 15.0 Å². The highest BCUT2D eigenvalue weighted by Gasteiger charge is 2.23. The smallest absolute Gasteiger partial charge is 0.185 e. The largest absolute Gasteiger partial charge is 0.505 e. The standard InChI is InChI=1S/C19H12Cl4O3/c20-13-5-9(6-14(21)18(13)25)3-11-1-2-12(17(11)24)4-10-7-15(22)19(26)16(23)8-10/h3-8,25-26H,1-2H2. The molecule has 1 aliphatic rings. The van der Waals surface area contributed by atoms with E-state index in [-0.39, 0.29) is 37.4 Å². The first-order valence-corrected chi connectivity index (χ1v) is 9.09. The van der Waals surface area contributed by atoms with Crippen molar-refractivity contribution in [2.45, 2.75) is 12.8 Å². The van der Waals surface area contributed by atoms with Gasteiger partial charge in [0.2, 0.25) is 0 Å². The van der Waals surface area contributed by atoms with Crippen molar-refractivity contribution in [1.29, 1.82) is 0 Å².